The molecule has 0 saturated heterocycles. The van der Waals surface area contributed by atoms with Gasteiger partial charge in [-0.3, -0.25) is 15.2 Å². The molecule has 0 fully saturated rings. The summed E-state index contributed by atoms with van der Waals surface area (Å²) in [5.41, 5.74) is 13.5. The molecule has 13 nitrogen and oxygen atoms in total. The van der Waals surface area contributed by atoms with Gasteiger partial charge in [-0.15, -0.1) is 5.10 Å². The molecule has 0 bridgehead atoms. The molecule has 1 aromatic heterocycles. The predicted molar refractivity (Wildman–Crippen MR) is 164 cm³/mol. The summed E-state index contributed by atoms with van der Waals surface area (Å²) in [5.74, 6) is -2.35. The molecular formula is C31H33F3N6O7. The molecule has 0 aliphatic heterocycles. The van der Waals surface area contributed by atoms with Crippen molar-refractivity contribution in [3.63, 3.8) is 0 Å². The Bertz CT molecular complexity index is 1750. The van der Waals surface area contributed by atoms with Gasteiger partial charge in [0, 0.05) is 18.6 Å². The molecule has 1 amide bonds. The number of methoxy groups -OCH3 is 1. The number of carbonyl (C=O) groups is 2. The Morgan fingerprint density at radius 2 is 1.68 bits per heavy atom. The van der Waals surface area contributed by atoms with Gasteiger partial charge >= 0.3 is 17.8 Å². The maximum Gasteiger partial charge on any atom is 0.490 e. The van der Waals surface area contributed by atoms with Gasteiger partial charge in [0.2, 0.25) is 0 Å². The summed E-state index contributed by atoms with van der Waals surface area (Å²) in [7, 11) is 1.60. The molecule has 1 heterocycles. The molecule has 1 unspecified atom stereocenters. The van der Waals surface area contributed by atoms with Crippen LogP contribution < -0.4 is 26.6 Å². The molecule has 0 spiro atoms. The number of nitrogens with one attached hydrogen (secondary N) is 2. The van der Waals surface area contributed by atoms with Crippen LogP contribution in [0.3, 0.4) is 0 Å². The lowest BCUT2D eigenvalue weighted by Crippen LogP contribution is -2.21. The number of aromatic nitrogens is 3. The van der Waals surface area contributed by atoms with Crippen molar-refractivity contribution in [2.75, 3.05) is 26.9 Å². The predicted octanol–water partition coefficient (Wildman–Crippen LogP) is 3.38. The average Bonchev–Trinajstić information content (AvgIpc) is 3.41. The SMILES string of the molecule is CCOc1cc(C(Cc2ccc(C(=N)N)cc2)c2nn(-c3ccccc3C(N)=O)c(=O)[nH]2)ccc1OCCOC.O=C(O)C(F)(F)F. The van der Waals surface area contributed by atoms with E-state index >= 15 is 0 Å². The van der Waals surface area contributed by atoms with Crippen LogP contribution in [-0.4, -0.2) is 70.7 Å². The van der Waals surface area contributed by atoms with Crippen molar-refractivity contribution in [1.82, 2.24) is 14.8 Å². The van der Waals surface area contributed by atoms with E-state index in [2.05, 4.69) is 10.1 Å². The number of ether oxygens (including phenoxy) is 3. The Morgan fingerprint density at radius 3 is 2.26 bits per heavy atom. The molecule has 4 aromatic rings. The molecule has 7 N–H and O–H groups in total. The fourth-order valence-electron chi connectivity index (χ4n) is 4.32. The zero-order valence-corrected chi connectivity index (χ0v) is 25.3. The molecule has 16 heteroatoms. The molecule has 0 radical (unpaired) electrons. The van der Waals surface area contributed by atoms with E-state index in [4.69, 9.17) is 41.0 Å². The Morgan fingerprint density at radius 1 is 1.02 bits per heavy atom. The van der Waals surface area contributed by atoms with E-state index in [1.54, 1.807) is 43.5 Å². The molecule has 1 atom stereocenters. The number of nitrogens with zero attached hydrogens (tertiary/aromatic N) is 2. The number of H-pyrrole nitrogens is 1. The maximum atomic E-state index is 13.1. The highest BCUT2D eigenvalue weighted by Gasteiger charge is 2.38. The number of nitrogens with two attached hydrogens (primary N) is 2. The number of aliphatic carboxylic acids is 1. The van der Waals surface area contributed by atoms with Gasteiger partial charge in [-0.2, -0.15) is 17.9 Å². The summed E-state index contributed by atoms with van der Waals surface area (Å²) < 4.78 is 49.7. The zero-order valence-electron chi connectivity index (χ0n) is 25.3. The van der Waals surface area contributed by atoms with E-state index < -0.39 is 29.7 Å². The lowest BCUT2D eigenvalue weighted by atomic mass is 9.90. The Hall–Kier alpha value is -5.64. The average molecular weight is 659 g/mol. The Balaban J connectivity index is 0.000000771. The Kier molecular flexibility index (Phi) is 12.3. The van der Waals surface area contributed by atoms with Crippen LogP contribution in [0, 0.1) is 5.41 Å². The molecule has 47 heavy (non-hydrogen) atoms. The van der Waals surface area contributed by atoms with Crippen LogP contribution in [0.15, 0.2) is 71.5 Å². The van der Waals surface area contributed by atoms with Crippen molar-refractivity contribution in [1.29, 1.82) is 5.41 Å². The fourth-order valence-corrected chi connectivity index (χ4v) is 4.32. The van der Waals surface area contributed by atoms with Gasteiger partial charge in [0.15, 0.2) is 11.5 Å². The fraction of sp³-hybridized carbons (Fsp3) is 0.258. The van der Waals surface area contributed by atoms with Gasteiger partial charge in [-0.1, -0.05) is 42.5 Å². The second-order valence-electron chi connectivity index (χ2n) is 9.76. The molecule has 250 valence electrons. The van der Waals surface area contributed by atoms with Crippen molar-refractivity contribution in [3.05, 3.63) is 105 Å². The van der Waals surface area contributed by atoms with Crippen LogP contribution in [0.25, 0.3) is 5.69 Å². The zero-order chi connectivity index (χ0) is 34.7. The van der Waals surface area contributed by atoms with E-state index in [0.717, 1.165) is 15.8 Å². The van der Waals surface area contributed by atoms with E-state index in [0.29, 0.717) is 49.1 Å². The topological polar surface area (TPSA) is 209 Å². The number of hydrogen-bond donors (Lipinski definition) is 5. The van der Waals surface area contributed by atoms with Crippen LogP contribution in [-0.2, 0) is 16.0 Å². The van der Waals surface area contributed by atoms with Crippen LogP contribution >= 0.6 is 0 Å². The normalized spacial score (nSPS) is 11.6. The van der Waals surface area contributed by atoms with E-state index in [9.17, 15) is 22.8 Å². The number of benzene rings is 3. The molecule has 0 aliphatic carbocycles. The highest BCUT2D eigenvalue weighted by Crippen LogP contribution is 2.34. The lowest BCUT2D eigenvalue weighted by Gasteiger charge is -2.18. The first-order valence-corrected chi connectivity index (χ1v) is 14.0. The first-order valence-electron chi connectivity index (χ1n) is 14.0. The quantitative estimate of drug-likeness (QED) is 0.0809. The number of halogens is 3. The molecule has 0 saturated carbocycles. The van der Waals surface area contributed by atoms with Crippen LogP contribution in [0.4, 0.5) is 13.2 Å². The summed E-state index contributed by atoms with van der Waals surface area (Å²) in [6.45, 7) is 3.10. The van der Waals surface area contributed by atoms with Crippen molar-refractivity contribution in [2.24, 2.45) is 11.5 Å². The molecular weight excluding hydrogens is 625 g/mol. The number of rotatable bonds is 13. The van der Waals surface area contributed by atoms with Crippen LogP contribution in [0.5, 0.6) is 11.5 Å². The number of primary amides is 1. The highest BCUT2D eigenvalue weighted by atomic mass is 19.4. The summed E-state index contributed by atoms with van der Waals surface area (Å²) in [6, 6.07) is 19.4. The number of carboxylic acid groups (broad SMARTS) is 1. The van der Waals surface area contributed by atoms with Gasteiger partial charge in [0.25, 0.3) is 5.91 Å². The van der Waals surface area contributed by atoms with Crippen LogP contribution in [0.2, 0.25) is 0 Å². The summed E-state index contributed by atoms with van der Waals surface area (Å²) >= 11 is 0. The largest absolute Gasteiger partial charge is 0.490 e. The minimum Gasteiger partial charge on any atom is -0.490 e. The minimum absolute atomic E-state index is 0.0234. The van der Waals surface area contributed by atoms with E-state index in [-0.39, 0.29) is 17.1 Å². The second kappa shape index (κ2) is 16.1. The number of nitrogen functional groups attached to an aromatic ring is 1. The summed E-state index contributed by atoms with van der Waals surface area (Å²) in [6.07, 6.45) is -4.63. The first-order chi connectivity index (χ1) is 22.3. The monoisotopic (exact) mass is 658 g/mol. The summed E-state index contributed by atoms with van der Waals surface area (Å²) in [5, 5.41) is 19.4. The Labute approximate surface area is 266 Å². The number of alkyl halides is 3. The van der Waals surface area contributed by atoms with E-state index in [1.165, 1.54) is 0 Å². The molecule has 0 aliphatic rings. The van der Waals surface area contributed by atoms with E-state index in [1.807, 2.05) is 37.3 Å². The third kappa shape index (κ3) is 9.67. The highest BCUT2D eigenvalue weighted by molar-refractivity contribution is 5.96. The summed E-state index contributed by atoms with van der Waals surface area (Å²) in [4.78, 5) is 36.9. The van der Waals surface area contributed by atoms with Gasteiger partial charge in [-0.25, -0.2) is 9.59 Å². The molecule has 4 rings (SSSR count). The first kappa shape index (κ1) is 35.8. The number of amides is 1. The van der Waals surface area contributed by atoms with Gasteiger partial charge in [0.1, 0.15) is 18.3 Å². The number of amidine groups is 1. The van der Waals surface area contributed by atoms with Gasteiger partial charge in [-0.05, 0) is 48.7 Å². The number of hydrogen-bond acceptors (Lipinski definition) is 8. The third-order valence-electron chi connectivity index (χ3n) is 6.53. The maximum absolute atomic E-state index is 13.1. The smallest absolute Gasteiger partial charge is 0.490 e. The van der Waals surface area contributed by atoms with Crippen LogP contribution in [0.1, 0.15) is 45.7 Å². The van der Waals surface area contributed by atoms with Crippen molar-refractivity contribution in [3.8, 4) is 17.2 Å². The third-order valence-corrected chi connectivity index (χ3v) is 6.53. The number of carbonyl (C=O) groups excluding carboxylic acids is 1. The van der Waals surface area contributed by atoms with Gasteiger partial charge in [0.05, 0.1) is 24.5 Å². The standard InChI is InChI=1S/C29H32N6O5.C2HF3O2/c1-3-39-25-17-20(12-13-24(25)40-15-14-38-2)22(16-18-8-10-19(11-9-18)26(30)31)28-33-29(37)35(34-28)23-7-5-4-6-21(23)27(32)36;3-2(4,5)1(6)7/h4-13,17,22H,3,14-16H2,1-2H3,(H3,30,31)(H2,32,36)(H,33,34,37);(H,6,7). The van der Waals surface area contributed by atoms with Crippen molar-refractivity contribution in [2.45, 2.75) is 25.4 Å². The second-order valence-corrected chi connectivity index (χ2v) is 9.76. The number of carboxylic acids is 1. The number of aromatic amines is 1. The van der Waals surface area contributed by atoms with Crippen molar-refractivity contribution < 1.29 is 42.1 Å². The van der Waals surface area contributed by atoms with Gasteiger partial charge < -0.3 is 30.8 Å². The lowest BCUT2D eigenvalue weighted by molar-refractivity contribution is -0.192. The van der Waals surface area contributed by atoms with Crippen molar-refractivity contribution >= 4 is 17.7 Å². The minimum atomic E-state index is -5.08. The number of para-hydroxylation sites is 1. The molecule has 3 aromatic carbocycles.